The average Bonchev–Trinajstić information content (AvgIpc) is 3.33. The van der Waals surface area contributed by atoms with Gasteiger partial charge in [-0.3, -0.25) is 0 Å². The van der Waals surface area contributed by atoms with Gasteiger partial charge in [0.2, 0.25) is 0 Å². The minimum absolute atomic E-state index is 0.300. The Kier molecular flexibility index (Phi) is 3.11. The summed E-state index contributed by atoms with van der Waals surface area (Å²) in [6.07, 6.45) is 2.06. The van der Waals surface area contributed by atoms with Crippen molar-refractivity contribution in [1.29, 1.82) is 0 Å². The number of aromatic nitrogens is 2. The van der Waals surface area contributed by atoms with Gasteiger partial charge in [0.1, 0.15) is 5.82 Å². The Labute approximate surface area is 131 Å². The van der Waals surface area contributed by atoms with Crippen molar-refractivity contribution in [2.75, 3.05) is 7.11 Å². The molecule has 1 saturated carbocycles. The van der Waals surface area contributed by atoms with Gasteiger partial charge in [-0.2, -0.15) is 0 Å². The highest BCUT2D eigenvalue weighted by Crippen LogP contribution is 2.43. The molecule has 0 atom stereocenters. The third kappa shape index (κ3) is 2.36. The quantitative estimate of drug-likeness (QED) is 0.690. The van der Waals surface area contributed by atoms with E-state index in [2.05, 4.69) is 10.1 Å². The first-order chi connectivity index (χ1) is 11.2. The van der Waals surface area contributed by atoms with Crippen LogP contribution < -0.4 is 0 Å². The number of pyridine rings is 1. The van der Waals surface area contributed by atoms with E-state index in [1.165, 1.54) is 19.2 Å². The number of carbonyl (C=O) groups is 1. The second-order valence-corrected chi connectivity index (χ2v) is 5.58. The summed E-state index contributed by atoms with van der Waals surface area (Å²) in [6, 6.07) is 7.53. The monoisotopic (exact) mass is 312 g/mol. The highest BCUT2D eigenvalue weighted by atomic mass is 19.1. The van der Waals surface area contributed by atoms with Crippen molar-refractivity contribution in [3.05, 3.63) is 47.4 Å². The van der Waals surface area contributed by atoms with Gasteiger partial charge in [-0.1, -0.05) is 5.16 Å². The maximum absolute atomic E-state index is 13.1. The first-order valence-electron chi connectivity index (χ1n) is 7.32. The molecule has 4 rings (SSSR count). The van der Waals surface area contributed by atoms with Gasteiger partial charge in [-0.15, -0.1) is 0 Å². The predicted molar refractivity (Wildman–Crippen MR) is 80.5 cm³/mol. The number of hydrogen-bond donors (Lipinski definition) is 0. The van der Waals surface area contributed by atoms with E-state index in [1.54, 1.807) is 18.2 Å². The molecule has 0 saturated heterocycles. The van der Waals surface area contributed by atoms with Gasteiger partial charge in [0.05, 0.1) is 29.4 Å². The van der Waals surface area contributed by atoms with E-state index in [-0.39, 0.29) is 5.82 Å². The standard InChI is InChI=1S/C17H13FN2O3/c1-22-17(21)12-8-13(9-4-6-11(18)7-5-9)19-16-14(12)15(20-23-16)10-2-3-10/h4-8,10H,2-3H2,1H3. The lowest BCUT2D eigenvalue weighted by atomic mass is 10.0. The molecule has 0 unspecified atom stereocenters. The molecular weight excluding hydrogens is 299 g/mol. The molecule has 0 bridgehead atoms. The number of methoxy groups -OCH3 is 1. The van der Waals surface area contributed by atoms with Crippen LogP contribution in [0, 0.1) is 5.82 Å². The number of nitrogens with zero attached hydrogens (tertiary/aromatic N) is 2. The number of rotatable bonds is 3. The first-order valence-corrected chi connectivity index (χ1v) is 7.32. The van der Waals surface area contributed by atoms with Gasteiger partial charge in [0, 0.05) is 11.5 Å². The number of esters is 1. The van der Waals surface area contributed by atoms with Gasteiger partial charge in [-0.25, -0.2) is 14.2 Å². The van der Waals surface area contributed by atoms with Crippen molar-refractivity contribution in [1.82, 2.24) is 10.1 Å². The highest BCUT2D eigenvalue weighted by molar-refractivity contribution is 6.04. The van der Waals surface area contributed by atoms with Crippen LogP contribution in [0.2, 0.25) is 0 Å². The molecule has 2 aromatic heterocycles. The highest BCUT2D eigenvalue weighted by Gasteiger charge is 2.32. The molecule has 2 heterocycles. The lowest BCUT2D eigenvalue weighted by Gasteiger charge is -2.06. The summed E-state index contributed by atoms with van der Waals surface area (Å²) >= 11 is 0. The van der Waals surface area contributed by atoms with Crippen LogP contribution in [0.1, 0.15) is 34.8 Å². The topological polar surface area (TPSA) is 65.2 Å². The zero-order valence-corrected chi connectivity index (χ0v) is 12.4. The number of halogens is 1. The Morgan fingerprint density at radius 3 is 2.70 bits per heavy atom. The Hall–Kier alpha value is -2.76. The number of fused-ring (bicyclic) bond motifs is 1. The van der Waals surface area contributed by atoms with E-state index in [0.717, 1.165) is 18.5 Å². The van der Waals surface area contributed by atoms with Crippen LogP contribution in [-0.2, 0) is 4.74 Å². The lowest BCUT2D eigenvalue weighted by molar-refractivity contribution is 0.0603. The molecule has 0 amide bonds. The van der Waals surface area contributed by atoms with Crippen LogP contribution in [0.15, 0.2) is 34.9 Å². The van der Waals surface area contributed by atoms with Crippen molar-refractivity contribution in [2.45, 2.75) is 18.8 Å². The summed E-state index contributed by atoms with van der Waals surface area (Å²) < 4.78 is 23.3. The SMILES string of the molecule is COC(=O)c1cc(-c2ccc(F)cc2)nc2onc(C3CC3)c12. The maximum atomic E-state index is 13.1. The minimum atomic E-state index is -0.467. The molecule has 0 spiro atoms. The zero-order chi connectivity index (χ0) is 16.0. The number of hydrogen-bond acceptors (Lipinski definition) is 5. The number of ether oxygens (including phenoxy) is 1. The fourth-order valence-corrected chi connectivity index (χ4v) is 2.65. The summed E-state index contributed by atoms with van der Waals surface area (Å²) in [4.78, 5) is 16.6. The van der Waals surface area contributed by atoms with Crippen molar-refractivity contribution in [3.8, 4) is 11.3 Å². The van der Waals surface area contributed by atoms with Crippen LogP contribution in [0.3, 0.4) is 0 Å². The van der Waals surface area contributed by atoms with E-state index >= 15 is 0 Å². The molecule has 1 aliphatic rings. The molecule has 1 fully saturated rings. The second-order valence-electron chi connectivity index (χ2n) is 5.58. The molecular formula is C17H13FN2O3. The Balaban J connectivity index is 1.94. The van der Waals surface area contributed by atoms with Gasteiger partial charge < -0.3 is 9.26 Å². The minimum Gasteiger partial charge on any atom is -0.465 e. The summed E-state index contributed by atoms with van der Waals surface area (Å²) in [6.45, 7) is 0. The van der Waals surface area contributed by atoms with Crippen molar-refractivity contribution < 1.29 is 18.4 Å². The van der Waals surface area contributed by atoms with Crippen LogP contribution in [0.5, 0.6) is 0 Å². The molecule has 0 radical (unpaired) electrons. The maximum Gasteiger partial charge on any atom is 0.338 e. The molecule has 1 aromatic carbocycles. The first kappa shape index (κ1) is 13.9. The predicted octanol–water partition coefficient (Wildman–Crippen LogP) is 3.69. The Bertz CT molecular complexity index is 898. The van der Waals surface area contributed by atoms with Crippen LogP contribution in [-0.4, -0.2) is 23.2 Å². The zero-order valence-electron chi connectivity index (χ0n) is 12.4. The van der Waals surface area contributed by atoms with Gasteiger partial charge in [-0.05, 0) is 43.2 Å². The molecule has 3 aromatic rings. The molecule has 0 aliphatic heterocycles. The van der Waals surface area contributed by atoms with E-state index in [4.69, 9.17) is 9.26 Å². The Morgan fingerprint density at radius 2 is 2.04 bits per heavy atom. The third-order valence-electron chi connectivity index (χ3n) is 3.98. The van der Waals surface area contributed by atoms with E-state index in [1.807, 2.05) is 0 Å². The fraction of sp³-hybridized carbons (Fsp3) is 0.235. The van der Waals surface area contributed by atoms with Gasteiger partial charge in [0.25, 0.3) is 5.71 Å². The molecule has 23 heavy (non-hydrogen) atoms. The van der Waals surface area contributed by atoms with Gasteiger partial charge in [0.15, 0.2) is 0 Å². The average molecular weight is 312 g/mol. The summed E-state index contributed by atoms with van der Waals surface area (Å²) in [7, 11) is 1.33. The van der Waals surface area contributed by atoms with Crippen molar-refractivity contribution >= 4 is 17.1 Å². The van der Waals surface area contributed by atoms with E-state index < -0.39 is 5.97 Å². The van der Waals surface area contributed by atoms with Crippen molar-refractivity contribution in [3.63, 3.8) is 0 Å². The largest absolute Gasteiger partial charge is 0.465 e. The summed E-state index contributed by atoms with van der Waals surface area (Å²) in [5.41, 5.74) is 2.63. The van der Waals surface area contributed by atoms with Crippen LogP contribution in [0.25, 0.3) is 22.4 Å². The van der Waals surface area contributed by atoms with E-state index in [0.29, 0.717) is 33.8 Å². The second kappa shape index (κ2) is 5.15. The van der Waals surface area contributed by atoms with E-state index in [9.17, 15) is 9.18 Å². The van der Waals surface area contributed by atoms with Crippen molar-refractivity contribution in [2.24, 2.45) is 0 Å². The van der Waals surface area contributed by atoms with Gasteiger partial charge >= 0.3 is 5.97 Å². The molecule has 116 valence electrons. The molecule has 6 heteroatoms. The summed E-state index contributed by atoms with van der Waals surface area (Å²) in [5, 5.41) is 4.69. The summed E-state index contributed by atoms with van der Waals surface area (Å²) in [5.74, 6) is -0.484. The molecule has 0 N–H and O–H groups in total. The smallest absolute Gasteiger partial charge is 0.338 e. The fourth-order valence-electron chi connectivity index (χ4n) is 2.65. The number of carbonyl (C=O) groups excluding carboxylic acids is 1. The lowest BCUT2D eigenvalue weighted by Crippen LogP contribution is -2.04. The van der Waals surface area contributed by atoms with Crippen LogP contribution in [0.4, 0.5) is 4.39 Å². The number of benzene rings is 1. The third-order valence-corrected chi connectivity index (χ3v) is 3.98. The Morgan fingerprint density at radius 1 is 1.30 bits per heavy atom. The van der Waals surface area contributed by atoms with Crippen LogP contribution >= 0.6 is 0 Å². The normalized spacial score (nSPS) is 14.2. The molecule has 1 aliphatic carbocycles. The molecule has 5 nitrogen and oxygen atoms in total.